The number of hydrogen-bond acceptors (Lipinski definition) is 8. The third-order valence-electron chi connectivity index (χ3n) is 9.68. The van der Waals surface area contributed by atoms with E-state index in [4.69, 9.17) is 4.74 Å². The first kappa shape index (κ1) is 31.2. The largest absolute Gasteiger partial charge is 0.387 e. The number of nitrogens with zero attached hydrogens (tertiary/aromatic N) is 5. The molecule has 3 aromatic carbocycles. The number of rotatable bonds is 10. The Hall–Kier alpha value is -5.10. The van der Waals surface area contributed by atoms with Crippen LogP contribution in [0.3, 0.4) is 0 Å². The predicted molar refractivity (Wildman–Crippen MR) is 187 cm³/mol. The number of carbonyl (C=O) groups is 1. The molecule has 0 bridgehead atoms. The van der Waals surface area contributed by atoms with Crippen molar-refractivity contribution >= 4 is 33.8 Å². The summed E-state index contributed by atoms with van der Waals surface area (Å²) in [5, 5.41) is 29.0. The van der Waals surface area contributed by atoms with Crippen molar-refractivity contribution in [1.82, 2.24) is 29.4 Å². The van der Waals surface area contributed by atoms with Crippen LogP contribution in [0.15, 0.2) is 85.5 Å². The summed E-state index contributed by atoms with van der Waals surface area (Å²) in [4.78, 5) is 26.1. The molecule has 1 amide bonds. The average molecular weight is 658 g/mol. The van der Waals surface area contributed by atoms with Gasteiger partial charge in [-0.1, -0.05) is 72.3 Å². The van der Waals surface area contributed by atoms with Gasteiger partial charge in [-0.05, 0) is 61.4 Å². The number of ether oxygens (including phenoxy) is 1. The summed E-state index contributed by atoms with van der Waals surface area (Å²) in [6, 6.07) is 25.9. The molecule has 250 valence electrons. The molecule has 2 fully saturated rings. The van der Waals surface area contributed by atoms with E-state index in [1.807, 2.05) is 6.07 Å². The van der Waals surface area contributed by atoms with E-state index >= 15 is 0 Å². The molecule has 4 N–H and O–H groups in total. The number of imidazole rings is 1. The lowest BCUT2D eigenvalue weighted by atomic mass is 10.0. The smallest absolute Gasteiger partial charge is 0.252 e. The summed E-state index contributed by atoms with van der Waals surface area (Å²) in [5.41, 5.74) is 9.48. The highest BCUT2D eigenvalue weighted by atomic mass is 16.6. The van der Waals surface area contributed by atoms with Crippen molar-refractivity contribution in [2.75, 3.05) is 11.9 Å². The number of aliphatic hydroxyl groups is 2. The molecule has 1 unspecified atom stereocenters. The average Bonchev–Trinajstić information content (AvgIpc) is 3.63. The number of aryl methyl sites for hydroxylation is 2. The quantitative estimate of drug-likeness (QED) is 0.167. The van der Waals surface area contributed by atoms with Crippen LogP contribution in [0.25, 0.3) is 33.3 Å². The molecule has 11 nitrogen and oxygen atoms in total. The van der Waals surface area contributed by atoms with Gasteiger partial charge in [0, 0.05) is 30.0 Å². The fraction of sp³-hybridized carbons (Fsp3) is 0.316. The number of benzene rings is 3. The minimum atomic E-state index is -1.38. The van der Waals surface area contributed by atoms with Crippen molar-refractivity contribution in [2.24, 2.45) is 0 Å². The monoisotopic (exact) mass is 657 g/mol. The van der Waals surface area contributed by atoms with Crippen LogP contribution in [0.4, 0.5) is 5.82 Å². The Bertz CT molecular complexity index is 2160. The molecule has 4 atom stereocenters. The third kappa shape index (κ3) is 5.83. The number of para-hydroxylation sites is 1. The van der Waals surface area contributed by atoms with Gasteiger partial charge in [0.1, 0.15) is 18.5 Å². The van der Waals surface area contributed by atoms with Gasteiger partial charge in [-0.3, -0.25) is 9.36 Å². The predicted octanol–water partition coefficient (Wildman–Crippen LogP) is 4.67. The number of nitrogens with one attached hydrogen (secondary N) is 2. The molecule has 1 aliphatic heterocycles. The van der Waals surface area contributed by atoms with Gasteiger partial charge in [-0.2, -0.15) is 0 Å². The molecular formula is C38H39N7O4. The molecule has 3 aromatic heterocycles. The van der Waals surface area contributed by atoms with Crippen LogP contribution in [0.2, 0.25) is 0 Å². The zero-order valence-corrected chi connectivity index (χ0v) is 27.5. The number of aromatic nitrogens is 5. The maximum atomic E-state index is 12.7. The van der Waals surface area contributed by atoms with Crippen LogP contribution in [0.1, 0.15) is 41.3 Å². The van der Waals surface area contributed by atoms with Gasteiger partial charge in [-0.25, -0.2) is 15.0 Å². The molecule has 0 radical (unpaired) electrons. The molecule has 8 rings (SSSR count). The molecule has 6 aromatic rings. The van der Waals surface area contributed by atoms with E-state index in [1.54, 1.807) is 4.57 Å². The second kappa shape index (κ2) is 12.7. The van der Waals surface area contributed by atoms with E-state index in [0.29, 0.717) is 29.9 Å². The first-order valence-corrected chi connectivity index (χ1v) is 16.8. The zero-order valence-electron chi connectivity index (χ0n) is 27.5. The van der Waals surface area contributed by atoms with Crippen molar-refractivity contribution < 1.29 is 19.7 Å². The number of carbonyl (C=O) groups excluding carboxylic acids is 1. The van der Waals surface area contributed by atoms with Crippen LogP contribution in [-0.2, 0) is 22.5 Å². The SMILES string of the molecule is Cc1ccc(C)c(Cn2c(-c3ccccc3)c(CCNc3ncnc4c3ncn4C3O[C@H](C(=O)NC4CC4)[C@@H](O)[C@H]3O)c3ccccc32)c1. The molecule has 1 aliphatic carbocycles. The van der Waals surface area contributed by atoms with Crippen molar-refractivity contribution in [3.63, 3.8) is 0 Å². The topological polar surface area (TPSA) is 139 Å². The van der Waals surface area contributed by atoms with Gasteiger partial charge >= 0.3 is 0 Å². The lowest BCUT2D eigenvalue weighted by molar-refractivity contribution is -0.137. The lowest BCUT2D eigenvalue weighted by Crippen LogP contribution is -2.43. The van der Waals surface area contributed by atoms with Gasteiger partial charge in [0.2, 0.25) is 0 Å². The molecule has 1 saturated carbocycles. The van der Waals surface area contributed by atoms with Crippen LogP contribution in [0.5, 0.6) is 0 Å². The lowest BCUT2D eigenvalue weighted by Gasteiger charge is -2.16. The molecule has 1 saturated heterocycles. The van der Waals surface area contributed by atoms with Crippen molar-refractivity contribution in [2.45, 2.75) is 70.2 Å². The molecule has 4 heterocycles. The summed E-state index contributed by atoms with van der Waals surface area (Å²) in [5.74, 6) is 0.114. The maximum Gasteiger partial charge on any atom is 0.252 e. The molecule has 0 spiro atoms. The Morgan fingerprint density at radius 2 is 1.76 bits per heavy atom. The van der Waals surface area contributed by atoms with Gasteiger partial charge in [0.25, 0.3) is 5.91 Å². The first-order valence-electron chi connectivity index (χ1n) is 16.8. The Morgan fingerprint density at radius 1 is 0.959 bits per heavy atom. The van der Waals surface area contributed by atoms with Gasteiger partial charge in [-0.15, -0.1) is 0 Å². The van der Waals surface area contributed by atoms with Crippen LogP contribution < -0.4 is 10.6 Å². The highest BCUT2D eigenvalue weighted by molar-refractivity contribution is 5.92. The fourth-order valence-electron chi connectivity index (χ4n) is 6.95. The minimum Gasteiger partial charge on any atom is -0.387 e. The van der Waals surface area contributed by atoms with E-state index < -0.39 is 30.4 Å². The molecule has 11 heteroatoms. The second-order valence-corrected chi connectivity index (χ2v) is 13.2. The summed E-state index contributed by atoms with van der Waals surface area (Å²) < 4.78 is 9.88. The van der Waals surface area contributed by atoms with E-state index in [-0.39, 0.29) is 6.04 Å². The summed E-state index contributed by atoms with van der Waals surface area (Å²) in [7, 11) is 0. The summed E-state index contributed by atoms with van der Waals surface area (Å²) >= 11 is 0. The summed E-state index contributed by atoms with van der Waals surface area (Å²) in [6.07, 6.45) is 0.523. The highest BCUT2D eigenvalue weighted by Crippen LogP contribution is 2.36. The number of amides is 1. The first-order chi connectivity index (χ1) is 23.9. The van der Waals surface area contributed by atoms with Crippen molar-refractivity contribution in [3.05, 3.63) is 108 Å². The fourth-order valence-corrected chi connectivity index (χ4v) is 6.95. The van der Waals surface area contributed by atoms with Crippen molar-refractivity contribution in [3.8, 4) is 11.3 Å². The van der Waals surface area contributed by atoms with Gasteiger partial charge < -0.3 is 30.2 Å². The maximum absolute atomic E-state index is 12.7. The van der Waals surface area contributed by atoms with E-state index in [9.17, 15) is 15.0 Å². The third-order valence-corrected chi connectivity index (χ3v) is 9.68. The molecule has 2 aliphatic rings. The molecule has 49 heavy (non-hydrogen) atoms. The molecular weight excluding hydrogens is 618 g/mol. The number of aliphatic hydroxyl groups excluding tert-OH is 2. The number of hydrogen-bond donors (Lipinski definition) is 4. The highest BCUT2D eigenvalue weighted by Gasteiger charge is 2.48. The van der Waals surface area contributed by atoms with E-state index in [1.165, 1.54) is 51.5 Å². The minimum absolute atomic E-state index is 0.104. The Kier molecular flexibility index (Phi) is 8.11. The number of anilines is 1. The second-order valence-electron chi connectivity index (χ2n) is 13.2. The zero-order chi connectivity index (χ0) is 33.6. The van der Waals surface area contributed by atoms with Crippen LogP contribution in [-0.4, -0.2) is 71.1 Å². The van der Waals surface area contributed by atoms with Crippen LogP contribution >= 0.6 is 0 Å². The Labute approximate surface area is 283 Å². The van der Waals surface area contributed by atoms with Crippen molar-refractivity contribution in [1.29, 1.82) is 0 Å². The normalized spacial score (nSPS) is 20.7. The number of fused-ring (bicyclic) bond motifs is 2. The van der Waals surface area contributed by atoms with Gasteiger partial charge in [0.15, 0.2) is 29.3 Å². The Balaban J connectivity index is 1.08. The van der Waals surface area contributed by atoms with E-state index in [2.05, 4.69) is 111 Å². The van der Waals surface area contributed by atoms with Crippen LogP contribution in [0, 0.1) is 13.8 Å². The standard InChI is InChI=1S/C38H39N7O4/c1-22-12-13-23(2)25(18-22)19-44-29-11-7-6-10-27(29)28(31(44)24-8-4-3-5-9-24)16-17-39-35-30-36(41-20-40-35)45(21-42-30)38-33(47)32(46)34(49-38)37(48)43-26-14-15-26/h3-13,18,20-21,26,32-34,38,46-47H,14-17,19H2,1-2H3,(H,43,48)(H,39,40,41)/t32-,33+,34-,38?/m0/s1. The van der Waals surface area contributed by atoms with Gasteiger partial charge in [0.05, 0.1) is 12.0 Å². The summed E-state index contributed by atoms with van der Waals surface area (Å²) in [6.45, 7) is 5.63. The Morgan fingerprint density at radius 3 is 2.57 bits per heavy atom. The van der Waals surface area contributed by atoms with E-state index in [0.717, 1.165) is 24.9 Å².